The standard InChI is InChI=1S/C19H22N4S/c1-2-3-14-19(20-17-12-8-5-9-13-17)21-18(22-23-19)24-15-16-10-6-4-7-11-16/h4-13,20H,2-3,14-15H2,1H3. The predicted molar refractivity (Wildman–Crippen MR) is 102 cm³/mol. The molecule has 124 valence electrons. The van der Waals surface area contributed by atoms with Crippen molar-refractivity contribution in [3.8, 4) is 0 Å². The summed E-state index contributed by atoms with van der Waals surface area (Å²) in [6, 6.07) is 20.5. The average molecular weight is 338 g/mol. The number of nitrogens with zero attached hydrogens (tertiary/aromatic N) is 3. The number of azo groups is 1. The fraction of sp³-hybridized carbons (Fsp3) is 0.316. The molecule has 0 saturated carbocycles. The minimum absolute atomic E-state index is 0.656. The van der Waals surface area contributed by atoms with Crippen molar-refractivity contribution in [2.75, 3.05) is 5.32 Å². The molecule has 0 amide bonds. The summed E-state index contributed by atoms with van der Waals surface area (Å²) in [5.41, 5.74) is 2.29. The highest BCUT2D eigenvalue weighted by Crippen LogP contribution is 2.31. The molecule has 2 aromatic rings. The lowest BCUT2D eigenvalue weighted by Gasteiger charge is -2.23. The lowest BCUT2D eigenvalue weighted by molar-refractivity contribution is 0.451. The fourth-order valence-corrected chi connectivity index (χ4v) is 3.31. The van der Waals surface area contributed by atoms with Crippen molar-refractivity contribution in [1.29, 1.82) is 0 Å². The van der Waals surface area contributed by atoms with E-state index >= 15 is 0 Å². The van der Waals surface area contributed by atoms with Crippen molar-refractivity contribution in [1.82, 2.24) is 0 Å². The Labute approximate surface area is 147 Å². The number of hydrogen-bond donors (Lipinski definition) is 1. The lowest BCUT2D eigenvalue weighted by atomic mass is 10.1. The maximum Gasteiger partial charge on any atom is 0.247 e. The van der Waals surface area contributed by atoms with E-state index in [1.165, 1.54) is 5.56 Å². The second kappa shape index (κ2) is 8.11. The summed E-state index contributed by atoms with van der Waals surface area (Å²) in [6.07, 6.45) is 3.01. The van der Waals surface area contributed by atoms with E-state index in [0.29, 0.717) is 0 Å². The number of aliphatic imine (C=N–C) groups is 1. The van der Waals surface area contributed by atoms with Crippen molar-refractivity contribution in [2.24, 2.45) is 15.2 Å². The zero-order valence-electron chi connectivity index (χ0n) is 13.9. The van der Waals surface area contributed by atoms with Crippen LogP contribution in [0.2, 0.25) is 0 Å². The van der Waals surface area contributed by atoms with Crippen molar-refractivity contribution in [3.63, 3.8) is 0 Å². The Kier molecular flexibility index (Phi) is 5.64. The number of hydrogen-bond acceptors (Lipinski definition) is 5. The molecule has 1 atom stereocenters. The first-order valence-corrected chi connectivity index (χ1v) is 9.31. The van der Waals surface area contributed by atoms with Gasteiger partial charge in [0.05, 0.1) is 0 Å². The molecular formula is C19H22N4S. The molecule has 0 aliphatic carbocycles. The Morgan fingerprint density at radius 3 is 2.42 bits per heavy atom. The molecule has 2 aromatic carbocycles. The molecule has 0 saturated heterocycles. The van der Waals surface area contributed by atoms with E-state index in [4.69, 9.17) is 4.99 Å². The molecule has 0 spiro atoms. The van der Waals surface area contributed by atoms with Crippen LogP contribution < -0.4 is 5.32 Å². The average Bonchev–Trinajstić information content (AvgIpc) is 3.03. The van der Waals surface area contributed by atoms with Crippen LogP contribution in [0.1, 0.15) is 31.7 Å². The SMILES string of the molecule is CCCCC1(Nc2ccccc2)N=NC(SCc2ccccc2)=N1. The molecule has 0 radical (unpaired) electrons. The highest BCUT2D eigenvalue weighted by molar-refractivity contribution is 8.13. The van der Waals surface area contributed by atoms with Crippen LogP contribution >= 0.6 is 11.8 Å². The van der Waals surface area contributed by atoms with Gasteiger partial charge in [-0.15, -0.1) is 10.2 Å². The van der Waals surface area contributed by atoms with Crippen LogP contribution in [-0.2, 0) is 5.75 Å². The molecule has 1 N–H and O–H groups in total. The smallest absolute Gasteiger partial charge is 0.247 e. The monoisotopic (exact) mass is 338 g/mol. The van der Waals surface area contributed by atoms with Crippen LogP contribution in [0, 0.1) is 0 Å². The highest BCUT2D eigenvalue weighted by atomic mass is 32.2. The van der Waals surface area contributed by atoms with Crippen LogP contribution in [0.3, 0.4) is 0 Å². The number of benzene rings is 2. The van der Waals surface area contributed by atoms with Gasteiger partial charge in [-0.2, -0.15) is 0 Å². The van der Waals surface area contributed by atoms with Gasteiger partial charge in [-0.05, 0) is 24.1 Å². The molecule has 5 heteroatoms. The van der Waals surface area contributed by atoms with Crippen LogP contribution in [-0.4, -0.2) is 11.0 Å². The minimum Gasteiger partial charge on any atom is -0.341 e. The maximum absolute atomic E-state index is 4.80. The van der Waals surface area contributed by atoms with Gasteiger partial charge in [0, 0.05) is 17.9 Å². The molecule has 1 heterocycles. The van der Waals surface area contributed by atoms with Crippen molar-refractivity contribution in [3.05, 3.63) is 66.2 Å². The third-order valence-corrected chi connectivity index (χ3v) is 4.70. The van der Waals surface area contributed by atoms with Gasteiger partial charge in [-0.25, -0.2) is 4.99 Å². The van der Waals surface area contributed by atoms with Crippen LogP contribution in [0.25, 0.3) is 0 Å². The third kappa shape index (κ3) is 4.45. The summed E-state index contributed by atoms with van der Waals surface area (Å²) in [7, 11) is 0. The predicted octanol–water partition coefficient (Wildman–Crippen LogP) is 5.70. The molecule has 24 heavy (non-hydrogen) atoms. The first-order chi connectivity index (χ1) is 11.8. The minimum atomic E-state index is -0.656. The Hall–Kier alpha value is -2.14. The summed E-state index contributed by atoms with van der Waals surface area (Å²) in [6.45, 7) is 2.18. The number of rotatable bonds is 7. The van der Waals surface area contributed by atoms with E-state index < -0.39 is 5.79 Å². The number of para-hydroxylation sites is 1. The Morgan fingerprint density at radius 2 is 1.71 bits per heavy atom. The van der Waals surface area contributed by atoms with E-state index in [-0.39, 0.29) is 0 Å². The Balaban J connectivity index is 1.70. The van der Waals surface area contributed by atoms with E-state index in [9.17, 15) is 0 Å². The number of unbranched alkanes of at least 4 members (excludes halogenated alkanes) is 1. The van der Waals surface area contributed by atoms with Gasteiger partial charge < -0.3 is 5.32 Å². The van der Waals surface area contributed by atoms with Gasteiger partial charge in [-0.3, -0.25) is 0 Å². The van der Waals surface area contributed by atoms with Crippen molar-refractivity contribution >= 4 is 22.6 Å². The summed E-state index contributed by atoms with van der Waals surface area (Å²) >= 11 is 1.63. The van der Waals surface area contributed by atoms with Crippen molar-refractivity contribution < 1.29 is 0 Å². The Morgan fingerprint density at radius 1 is 1.00 bits per heavy atom. The normalized spacial score (nSPS) is 19.3. The number of thioether (sulfide) groups is 1. The number of amidine groups is 1. The summed E-state index contributed by atoms with van der Waals surface area (Å²) in [4.78, 5) is 4.80. The zero-order valence-corrected chi connectivity index (χ0v) is 14.7. The second-order valence-electron chi connectivity index (χ2n) is 5.78. The molecule has 1 aliphatic heterocycles. The van der Waals surface area contributed by atoms with Crippen LogP contribution in [0.5, 0.6) is 0 Å². The molecule has 0 aromatic heterocycles. The highest BCUT2D eigenvalue weighted by Gasteiger charge is 2.33. The molecule has 0 bridgehead atoms. The fourth-order valence-electron chi connectivity index (χ4n) is 2.51. The molecule has 3 rings (SSSR count). The van der Waals surface area contributed by atoms with Gasteiger partial charge in [0.2, 0.25) is 11.0 Å². The molecule has 1 aliphatic rings. The Bertz CT molecular complexity index is 700. The molecule has 4 nitrogen and oxygen atoms in total. The quantitative estimate of drug-likeness (QED) is 0.704. The van der Waals surface area contributed by atoms with Gasteiger partial charge in [0.15, 0.2) is 0 Å². The lowest BCUT2D eigenvalue weighted by Crippen LogP contribution is -2.32. The largest absolute Gasteiger partial charge is 0.341 e. The number of nitrogens with one attached hydrogen (secondary N) is 1. The van der Waals surface area contributed by atoms with Gasteiger partial charge in [0.25, 0.3) is 0 Å². The number of anilines is 1. The maximum atomic E-state index is 4.80. The van der Waals surface area contributed by atoms with E-state index in [1.54, 1.807) is 11.8 Å². The van der Waals surface area contributed by atoms with Gasteiger partial charge in [-0.1, -0.05) is 73.6 Å². The van der Waals surface area contributed by atoms with Crippen molar-refractivity contribution in [2.45, 2.75) is 37.7 Å². The molecule has 0 fully saturated rings. The van der Waals surface area contributed by atoms with Crippen LogP contribution in [0.4, 0.5) is 5.69 Å². The van der Waals surface area contributed by atoms with E-state index in [0.717, 1.165) is 35.9 Å². The van der Waals surface area contributed by atoms with Gasteiger partial charge in [0.1, 0.15) is 0 Å². The zero-order chi connectivity index (χ0) is 16.7. The summed E-state index contributed by atoms with van der Waals surface area (Å²) < 4.78 is 0. The summed E-state index contributed by atoms with van der Waals surface area (Å²) in [5, 5.41) is 13.0. The second-order valence-corrected chi connectivity index (χ2v) is 6.72. The van der Waals surface area contributed by atoms with Gasteiger partial charge >= 0.3 is 0 Å². The molecule has 1 unspecified atom stereocenters. The summed E-state index contributed by atoms with van der Waals surface area (Å²) in [5.74, 6) is 0.199. The van der Waals surface area contributed by atoms with Crippen LogP contribution in [0.15, 0.2) is 75.9 Å². The topological polar surface area (TPSA) is 49.1 Å². The van der Waals surface area contributed by atoms with E-state index in [1.807, 2.05) is 36.4 Å². The first-order valence-electron chi connectivity index (χ1n) is 8.32. The van der Waals surface area contributed by atoms with E-state index in [2.05, 4.69) is 46.7 Å². The first kappa shape index (κ1) is 16.7. The third-order valence-electron chi connectivity index (χ3n) is 3.79. The molecular weight excluding hydrogens is 316 g/mol.